The molecule has 0 aliphatic carbocycles. The number of nitrogens with one attached hydrogen (secondary N) is 3. The first-order chi connectivity index (χ1) is 17.1. The fourth-order valence-corrected chi connectivity index (χ4v) is 3.85. The van der Waals surface area contributed by atoms with Crippen LogP contribution >= 0.6 is 0 Å². The van der Waals surface area contributed by atoms with Gasteiger partial charge in [-0.1, -0.05) is 36.4 Å². The van der Waals surface area contributed by atoms with Crippen LogP contribution in [0, 0.1) is 0 Å². The minimum Gasteiger partial charge on any atom is -0.506 e. The summed E-state index contributed by atoms with van der Waals surface area (Å²) in [5.74, 6) is -0.208. The van der Waals surface area contributed by atoms with Crippen LogP contribution in [-0.2, 0) is 24.2 Å². The number of pyridine rings is 1. The second kappa shape index (κ2) is 12.1. The summed E-state index contributed by atoms with van der Waals surface area (Å²) < 4.78 is 0. The largest absolute Gasteiger partial charge is 0.506 e. The highest BCUT2D eigenvalue weighted by Crippen LogP contribution is 2.27. The van der Waals surface area contributed by atoms with Crippen LogP contribution in [0.5, 0.6) is 5.75 Å². The lowest BCUT2D eigenvalue weighted by atomic mass is 9.93. The van der Waals surface area contributed by atoms with Crippen LogP contribution in [0.2, 0.25) is 0 Å². The highest BCUT2D eigenvalue weighted by Gasteiger charge is 2.21. The zero-order chi connectivity index (χ0) is 26.1. The summed E-state index contributed by atoms with van der Waals surface area (Å²) in [5, 5.41) is 29.1. The van der Waals surface area contributed by atoms with E-state index in [2.05, 4.69) is 20.9 Å². The maximum Gasteiger partial charge on any atom is 0.316 e. The van der Waals surface area contributed by atoms with Crippen LogP contribution in [0.15, 0.2) is 66.9 Å². The topological polar surface area (TPSA) is 150 Å². The molecule has 0 aliphatic rings. The molecule has 0 saturated carbocycles. The Hall–Kier alpha value is -3.95. The number of hydrogen-bond donors (Lipinski definition) is 6. The molecule has 1 aromatic heterocycles. The number of carbonyl (C=O) groups is 2. The molecule has 0 aliphatic heterocycles. The summed E-state index contributed by atoms with van der Waals surface area (Å²) in [5.41, 5.74) is 8.22. The third-order valence-corrected chi connectivity index (χ3v) is 5.63. The highest BCUT2D eigenvalue weighted by atomic mass is 16.3. The van der Waals surface area contributed by atoms with Gasteiger partial charge in [0.05, 0.1) is 30.5 Å². The predicted octanol–water partition coefficient (Wildman–Crippen LogP) is 2.78. The lowest BCUT2D eigenvalue weighted by Crippen LogP contribution is -2.43. The standard InChI is InChI=1S/C27H33N5O4/c1-27(2,31-17-24(34)20-9-10-23(33)22(14-20)32-26(28)36)15-19-7-5-6-18(12-19)13-25(35)30-16-21-8-3-4-11-29-21/h3-12,14,24,31,33-34H,13,15-17H2,1-2H3,(H,30,35)(H3,28,32,36)/t24-/m0/s1. The summed E-state index contributed by atoms with van der Waals surface area (Å²) in [4.78, 5) is 27.7. The van der Waals surface area contributed by atoms with Gasteiger partial charge in [-0.05, 0) is 61.2 Å². The number of anilines is 1. The normalized spacial score (nSPS) is 12.1. The first-order valence-corrected chi connectivity index (χ1v) is 11.7. The van der Waals surface area contributed by atoms with E-state index >= 15 is 0 Å². The SMILES string of the molecule is CC(C)(Cc1cccc(CC(=O)NCc2ccccn2)c1)NC[C@H](O)c1ccc(O)c(NC(N)=O)c1. The lowest BCUT2D eigenvalue weighted by molar-refractivity contribution is -0.120. The van der Waals surface area contributed by atoms with E-state index in [9.17, 15) is 19.8 Å². The van der Waals surface area contributed by atoms with E-state index in [1.54, 1.807) is 12.3 Å². The number of phenolic OH excluding ortho intramolecular Hbond substituents is 1. The van der Waals surface area contributed by atoms with Crippen LogP contribution in [0.25, 0.3) is 0 Å². The maximum absolute atomic E-state index is 12.4. The van der Waals surface area contributed by atoms with Crippen molar-refractivity contribution in [3.05, 3.63) is 89.2 Å². The van der Waals surface area contributed by atoms with E-state index in [4.69, 9.17) is 5.73 Å². The average Bonchev–Trinajstić information content (AvgIpc) is 2.83. The number of rotatable bonds is 11. The van der Waals surface area contributed by atoms with E-state index < -0.39 is 12.1 Å². The molecule has 2 aromatic carbocycles. The van der Waals surface area contributed by atoms with Gasteiger partial charge in [-0.25, -0.2) is 4.79 Å². The summed E-state index contributed by atoms with van der Waals surface area (Å²) in [6.07, 6.45) is 1.78. The monoisotopic (exact) mass is 491 g/mol. The van der Waals surface area contributed by atoms with E-state index in [0.29, 0.717) is 18.5 Å². The molecule has 7 N–H and O–H groups in total. The zero-order valence-corrected chi connectivity index (χ0v) is 20.5. The number of benzene rings is 2. The zero-order valence-electron chi connectivity index (χ0n) is 20.5. The van der Waals surface area contributed by atoms with Gasteiger partial charge in [-0.15, -0.1) is 0 Å². The van der Waals surface area contributed by atoms with Crippen molar-refractivity contribution in [2.75, 3.05) is 11.9 Å². The maximum atomic E-state index is 12.4. The molecule has 0 unspecified atom stereocenters. The highest BCUT2D eigenvalue weighted by molar-refractivity contribution is 5.89. The number of urea groups is 1. The van der Waals surface area contributed by atoms with E-state index in [0.717, 1.165) is 16.8 Å². The van der Waals surface area contributed by atoms with Crippen molar-refractivity contribution in [1.29, 1.82) is 0 Å². The second-order valence-corrected chi connectivity index (χ2v) is 9.32. The third-order valence-electron chi connectivity index (χ3n) is 5.63. The van der Waals surface area contributed by atoms with Crippen molar-refractivity contribution < 1.29 is 19.8 Å². The second-order valence-electron chi connectivity index (χ2n) is 9.32. The quantitative estimate of drug-likeness (QED) is 0.227. The number of amides is 3. The van der Waals surface area contributed by atoms with Gasteiger partial charge in [0, 0.05) is 18.3 Å². The van der Waals surface area contributed by atoms with Crippen LogP contribution in [0.4, 0.5) is 10.5 Å². The predicted molar refractivity (Wildman–Crippen MR) is 138 cm³/mol. The molecule has 190 valence electrons. The Morgan fingerprint density at radius 3 is 2.56 bits per heavy atom. The van der Waals surface area contributed by atoms with Crippen LogP contribution in [0.1, 0.15) is 42.3 Å². The molecule has 3 rings (SSSR count). The smallest absolute Gasteiger partial charge is 0.316 e. The van der Waals surface area contributed by atoms with Gasteiger partial charge in [0.15, 0.2) is 0 Å². The van der Waals surface area contributed by atoms with Crippen molar-refractivity contribution in [3.8, 4) is 5.75 Å². The Balaban J connectivity index is 1.54. The molecule has 3 amide bonds. The molecule has 3 aromatic rings. The van der Waals surface area contributed by atoms with Gasteiger partial charge >= 0.3 is 6.03 Å². The summed E-state index contributed by atoms with van der Waals surface area (Å²) in [6, 6.07) is 17.1. The molecule has 1 heterocycles. The molecule has 0 spiro atoms. The summed E-state index contributed by atoms with van der Waals surface area (Å²) in [6.45, 7) is 4.70. The van der Waals surface area contributed by atoms with Crippen LogP contribution in [0.3, 0.4) is 0 Å². The number of aromatic nitrogens is 1. The van der Waals surface area contributed by atoms with Crippen molar-refractivity contribution in [3.63, 3.8) is 0 Å². The van der Waals surface area contributed by atoms with Gasteiger partial charge in [0.2, 0.25) is 5.91 Å². The number of aliphatic hydroxyl groups is 1. The van der Waals surface area contributed by atoms with Gasteiger partial charge in [0.1, 0.15) is 5.75 Å². The number of aliphatic hydroxyl groups excluding tert-OH is 1. The van der Waals surface area contributed by atoms with Gasteiger partial charge in [-0.3, -0.25) is 9.78 Å². The number of phenols is 1. The first kappa shape index (κ1) is 26.7. The molecular weight excluding hydrogens is 458 g/mol. The number of primary amides is 1. The minimum absolute atomic E-state index is 0.0718. The molecule has 0 saturated heterocycles. The van der Waals surface area contributed by atoms with Crippen molar-refractivity contribution >= 4 is 17.6 Å². The Kier molecular flexibility index (Phi) is 8.99. The third kappa shape index (κ3) is 8.37. The number of carbonyl (C=O) groups excluding carboxylic acids is 2. The number of nitrogens with two attached hydrogens (primary N) is 1. The fourth-order valence-electron chi connectivity index (χ4n) is 3.85. The Bertz CT molecular complexity index is 1180. The van der Waals surface area contributed by atoms with Crippen molar-refractivity contribution in [1.82, 2.24) is 15.6 Å². The van der Waals surface area contributed by atoms with Gasteiger partial charge in [0.25, 0.3) is 0 Å². The number of hydrogen-bond acceptors (Lipinski definition) is 6. The number of β-amino-alcohol motifs (C(OH)–C–C–N with tert-alkyl or cyclic N) is 1. The molecular formula is C27H33N5O4. The fraction of sp³-hybridized carbons (Fsp3) is 0.296. The Morgan fingerprint density at radius 2 is 1.83 bits per heavy atom. The van der Waals surface area contributed by atoms with Gasteiger partial charge in [-0.2, -0.15) is 0 Å². The molecule has 0 radical (unpaired) electrons. The van der Waals surface area contributed by atoms with E-state index in [1.807, 2.05) is 56.3 Å². The Morgan fingerprint density at radius 1 is 1.06 bits per heavy atom. The number of nitrogens with zero attached hydrogens (tertiary/aromatic N) is 1. The summed E-state index contributed by atoms with van der Waals surface area (Å²) >= 11 is 0. The average molecular weight is 492 g/mol. The van der Waals surface area contributed by atoms with Crippen molar-refractivity contribution in [2.45, 2.75) is 44.9 Å². The van der Waals surface area contributed by atoms with Crippen LogP contribution < -0.4 is 21.7 Å². The van der Waals surface area contributed by atoms with Crippen LogP contribution in [-0.4, -0.2) is 39.2 Å². The van der Waals surface area contributed by atoms with Gasteiger partial charge < -0.3 is 31.9 Å². The number of aromatic hydroxyl groups is 1. The molecule has 1 atom stereocenters. The molecule has 9 heteroatoms. The molecule has 0 fully saturated rings. The lowest BCUT2D eigenvalue weighted by Gasteiger charge is -2.28. The van der Waals surface area contributed by atoms with E-state index in [-0.39, 0.29) is 35.8 Å². The molecule has 9 nitrogen and oxygen atoms in total. The van der Waals surface area contributed by atoms with E-state index in [1.165, 1.54) is 12.1 Å². The minimum atomic E-state index is -0.868. The molecule has 0 bridgehead atoms. The first-order valence-electron chi connectivity index (χ1n) is 11.7. The summed E-state index contributed by atoms with van der Waals surface area (Å²) in [7, 11) is 0. The van der Waals surface area contributed by atoms with Crippen molar-refractivity contribution in [2.24, 2.45) is 5.73 Å². The Labute approximate surface area is 210 Å². The molecule has 36 heavy (non-hydrogen) atoms.